The smallest absolute Gasteiger partial charge is 0.378 e. The molecule has 0 spiro atoms. The van der Waals surface area contributed by atoms with Gasteiger partial charge in [0.05, 0.1) is 23.8 Å². The number of amides is 1. The summed E-state index contributed by atoms with van der Waals surface area (Å²) in [6.45, 7) is 1.23. The molecule has 0 unspecified atom stereocenters. The lowest BCUT2D eigenvalue weighted by Crippen LogP contribution is -2.42. The average molecular weight is 502 g/mol. The van der Waals surface area contributed by atoms with Crippen molar-refractivity contribution in [2.24, 2.45) is 4.99 Å². The molecule has 1 aromatic carbocycles. The molecule has 1 amide bonds. The molecular formula is C21H22F3N3O4S2. The molecular weight excluding hydrogens is 479 g/mol. The Kier molecular flexibility index (Phi) is 7.70. The van der Waals surface area contributed by atoms with Gasteiger partial charge in [-0.2, -0.15) is 13.2 Å². The van der Waals surface area contributed by atoms with E-state index in [1.807, 2.05) is 0 Å². The number of alkyl halides is 3. The zero-order valence-electron chi connectivity index (χ0n) is 17.7. The number of halogens is 3. The lowest BCUT2D eigenvalue weighted by molar-refractivity contribution is -0.133. The minimum absolute atomic E-state index is 0.0190. The van der Waals surface area contributed by atoms with Crippen LogP contribution in [0.15, 0.2) is 46.3 Å². The van der Waals surface area contributed by atoms with Gasteiger partial charge in [-0.1, -0.05) is 12.1 Å². The fraction of sp³-hybridized carbons (Fsp3) is 0.381. The second-order valence-electron chi connectivity index (χ2n) is 7.37. The number of nitrogens with one attached hydrogen (secondary N) is 1. The Labute approximate surface area is 193 Å². The molecule has 0 aliphatic carbocycles. The first-order valence-electron chi connectivity index (χ1n) is 9.89. The number of thiophene rings is 1. The lowest BCUT2D eigenvalue weighted by atomic mass is 10.1. The number of rotatable bonds is 7. The van der Waals surface area contributed by atoms with Gasteiger partial charge in [0, 0.05) is 35.5 Å². The number of hydrogen-bond acceptors (Lipinski definition) is 7. The highest BCUT2D eigenvalue weighted by Gasteiger charge is 2.35. The topological polar surface area (TPSA) is 99.9 Å². The van der Waals surface area contributed by atoms with Crippen LogP contribution in [0.3, 0.4) is 0 Å². The molecule has 1 fully saturated rings. The second-order valence-corrected chi connectivity index (χ2v) is 10.5. The van der Waals surface area contributed by atoms with Gasteiger partial charge in [-0.15, -0.1) is 11.3 Å². The molecule has 2 aromatic rings. The standard InChI is InChI=1S/C21H22F3N3O4S2/c1-33(29,30)15-4-2-3-14(11-15)17-5-6-18(32-17)16(12-19(25)21(22,23)24)26-13-20(28)27-7-9-31-10-8-27/h2-6,11,25H,7-10,12-13H2,1H3. The number of sulfone groups is 1. The molecule has 12 heteroatoms. The molecule has 0 bridgehead atoms. The van der Waals surface area contributed by atoms with Gasteiger partial charge >= 0.3 is 6.18 Å². The maximum atomic E-state index is 13.0. The van der Waals surface area contributed by atoms with E-state index in [4.69, 9.17) is 10.1 Å². The minimum Gasteiger partial charge on any atom is -0.378 e. The molecule has 33 heavy (non-hydrogen) atoms. The van der Waals surface area contributed by atoms with E-state index in [0.717, 1.165) is 17.6 Å². The summed E-state index contributed by atoms with van der Waals surface area (Å²) in [5.74, 6) is -0.327. The first-order valence-corrected chi connectivity index (χ1v) is 12.6. The van der Waals surface area contributed by atoms with Crippen molar-refractivity contribution in [3.05, 3.63) is 41.3 Å². The Bertz CT molecular complexity index is 1170. The summed E-state index contributed by atoms with van der Waals surface area (Å²) in [6.07, 6.45) is -4.49. The van der Waals surface area contributed by atoms with Crippen LogP contribution in [0.1, 0.15) is 11.3 Å². The van der Waals surface area contributed by atoms with Crippen molar-refractivity contribution < 1.29 is 31.1 Å². The highest BCUT2D eigenvalue weighted by molar-refractivity contribution is 7.90. The first-order chi connectivity index (χ1) is 15.4. The number of morpholine rings is 1. The van der Waals surface area contributed by atoms with Crippen molar-refractivity contribution in [1.29, 1.82) is 5.41 Å². The fourth-order valence-electron chi connectivity index (χ4n) is 3.09. The maximum absolute atomic E-state index is 13.0. The minimum atomic E-state index is -4.81. The molecule has 7 nitrogen and oxygen atoms in total. The number of carbonyl (C=O) groups excluding carboxylic acids is 1. The van der Waals surface area contributed by atoms with Crippen molar-refractivity contribution >= 4 is 38.5 Å². The summed E-state index contributed by atoms with van der Waals surface area (Å²) in [7, 11) is -3.43. The molecule has 0 atom stereocenters. The molecule has 1 saturated heterocycles. The van der Waals surface area contributed by atoms with Crippen molar-refractivity contribution in [1.82, 2.24) is 4.90 Å². The molecule has 2 heterocycles. The number of aliphatic imine (C=N–C) groups is 1. The normalized spacial score (nSPS) is 15.5. The summed E-state index contributed by atoms with van der Waals surface area (Å²) in [6, 6.07) is 9.44. The number of carbonyl (C=O) groups is 1. The Balaban J connectivity index is 1.88. The Morgan fingerprint density at radius 2 is 1.91 bits per heavy atom. The van der Waals surface area contributed by atoms with Gasteiger partial charge in [0.25, 0.3) is 0 Å². The van der Waals surface area contributed by atoms with E-state index in [1.54, 1.807) is 24.3 Å². The number of nitrogens with zero attached hydrogens (tertiary/aromatic N) is 2. The number of hydrogen-bond donors (Lipinski definition) is 1. The Morgan fingerprint density at radius 3 is 2.55 bits per heavy atom. The van der Waals surface area contributed by atoms with Crippen molar-refractivity contribution in [2.45, 2.75) is 17.5 Å². The van der Waals surface area contributed by atoms with Crippen molar-refractivity contribution in [3.63, 3.8) is 0 Å². The predicted molar refractivity (Wildman–Crippen MR) is 120 cm³/mol. The Morgan fingerprint density at radius 1 is 1.21 bits per heavy atom. The highest BCUT2D eigenvalue weighted by Crippen LogP contribution is 2.31. The summed E-state index contributed by atoms with van der Waals surface area (Å²) in [5, 5.41) is 7.39. The van der Waals surface area contributed by atoms with E-state index < -0.39 is 28.1 Å². The van der Waals surface area contributed by atoms with Crippen LogP contribution in [0.4, 0.5) is 13.2 Å². The maximum Gasteiger partial charge on any atom is 0.429 e. The molecule has 3 rings (SSSR count). The molecule has 0 radical (unpaired) electrons. The zero-order valence-corrected chi connectivity index (χ0v) is 19.3. The lowest BCUT2D eigenvalue weighted by Gasteiger charge is -2.26. The fourth-order valence-corrected chi connectivity index (χ4v) is 4.77. The van der Waals surface area contributed by atoms with E-state index in [1.165, 1.54) is 17.0 Å². The van der Waals surface area contributed by atoms with E-state index in [9.17, 15) is 26.4 Å². The van der Waals surface area contributed by atoms with Crippen LogP contribution in [0.2, 0.25) is 0 Å². The van der Waals surface area contributed by atoms with E-state index >= 15 is 0 Å². The predicted octanol–water partition coefficient (Wildman–Crippen LogP) is 3.44. The highest BCUT2D eigenvalue weighted by atomic mass is 32.2. The SMILES string of the molecule is CS(=O)(=O)c1cccc(-c2ccc(C(CC(=N)C(F)(F)F)=NCC(=O)N3CCOCC3)s2)c1. The number of ether oxygens (including phenoxy) is 1. The first kappa shape index (κ1) is 25.1. The van der Waals surface area contributed by atoms with Crippen LogP contribution in [-0.2, 0) is 19.4 Å². The zero-order chi connectivity index (χ0) is 24.2. The van der Waals surface area contributed by atoms with Gasteiger partial charge in [-0.05, 0) is 29.8 Å². The summed E-state index contributed by atoms with van der Waals surface area (Å²) in [5.41, 5.74) is -0.896. The van der Waals surface area contributed by atoms with Gasteiger partial charge < -0.3 is 15.0 Å². The third-order valence-electron chi connectivity index (χ3n) is 4.89. The summed E-state index contributed by atoms with van der Waals surface area (Å²) >= 11 is 1.12. The summed E-state index contributed by atoms with van der Waals surface area (Å²) < 4.78 is 67.9. The average Bonchev–Trinajstić information content (AvgIpc) is 3.26. The monoisotopic (exact) mass is 501 g/mol. The Hall–Kier alpha value is -2.57. The van der Waals surface area contributed by atoms with Crippen molar-refractivity contribution in [2.75, 3.05) is 39.1 Å². The quantitative estimate of drug-likeness (QED) is 0.588. The third kappa shape index (κ3) is 6.71. The van der Waals surface area contributed by atoms with Crippen LogP contribution >= 0.6 is 11.3 Å². The molecule has 1 aliphatic rings. The van der Waals surface area contributed by atoms with Crippen molar-refractivity contribution in [3.8, 4) is 10.4 Å². The van der Waals surface area contributed by atoms with Gasteiger partial charge in [-0.25, -0.2) is 8.42 Å². The third-order valence-corrected chi connectivity index (χ3v) is 7.19. The summed E-state index contributed by atoms with van der Waals surface area (Å²) in [4.78, 5) is 19.2. The van der Waals surface area contributed by atoms with Crippen LogP contribution in [0.25, 0.3) is 10.4 Å². The second kappa shape index (κ2) is 10.1. The molecule has 1 aromatic heterocycles. The molecule has 0 saturated carbocycles. The van der Waals surface area contributed by atoms with Crippen LogP contribution < -0.4 is 0 Å². The van der Waals surface area contributed by atoms with E-state index in [0.29, 0.717) is 41.6 Å². The van der Waals surface area contributed by atoms with E-state index in [-0.39, 0.29) is 23.1 Å². The van der Waals surface area contributed by atoms with Crippen LogP contribution in [0, 0.1) is 5.41 Å². The largest absolute Gasteiger partial charge is 0.429 e. The van der Waals surface area contributed by atoms with Crippen LogP contribution in [0.5, 0.6) is 0 Å². The molecule has 1 N–H and O–H groups in total. The van der Waals surface area contributed by atoms with Gasteiger partial charge in [0.1, 0.15) is 12.3 Å². The van der Waals surface area contributed by atoms with Gasteiger partial charge in [0.2, 0.25) is 5.91 Å². The number of benzene rings is 1. The van der Waals surface area contributed by atoms with Gasteiger partial charge in [0.15, 0.2) is 9.84 Å². The molecule has 1 aliphatic heterocycles. The molecule has 178 valence electrons. The van der Waals surface area contributed by atoms with Crippen LogP contribution in [-0.4, -0.2) is 75.9 Å². The van der Waals surface area contributed by atoms with E-state index in [2.05, 4.69) is 4.99 Å². The van der Waals surface area contributed by atoms with Gasteiger partial charge in [-0.3, -0.25) is 9.79 Å².